The van der Waals surface area contributed by atoms with Crippen LogP contribution in [0.2, 0.25) is 0 Å². The lowest BCUT2D eigenvalue weighted by Gasteiger charge is -2.38. The van der Waals surface area contributed by atoms with Crippen LogP contribution in [0.3, 0.4) is 0 Å². The molecule has 0 aliphatic rings. The number of pyridine rings is 2. The first-order valence-corrected chi connectivity index (χ1v) is 17.3. The Morgan fingerprint density at radius 1 is 0.449 bits per heavy atom. The first-order valence-electron chi connectivity index (χ1n) is 16.3. The van der Waals surface area contributed by atoms with E-state index in [0.717, 1.165) is 44.5 Å². The molecule has 0 fully saturated rings. The number of aromatic nitrogens is 2. The minimum absolute atomic E-state index is 0.496. The van der Waals surface area contributed by atoms with Crippen LogP contribution in [0.5, 0.6) is 23.3 Å². The largest absolute Gasteiger partial charge is 0.438 e. The van der Waals surface area contributed by atoms with Gasteiger partial charge in [-0.15, -0.1) is 0 Å². The Labute approximate surface area is 296 Å². The molecule has 0 aliphatic carbocycles. The molecule has 242 valence electrons. The van der Waals surface area contributed by atoms with Gasteiger partial charge in [0.2, 0.25) is 11.8 Å². The molecule has 6 radical (unpaired) electrons. The Kier molecular flexibility index (Phi) is 9.70. The van der Waals surface area contributed by atoms with Crippen molar-refractivity contribution in [1.29, 1.82) is 0 Å². The van der Waals surface area contributed by atoms with Gasteiger partial charge < -0.3 is 14.2 Å². The van der Waals surface area contributed by atoms with Crippen molar-refractivity contribution < 1.29 is 14.2 Å². The van der Waals surface area contributed by atoms with E-state index in [1.807, 2.05) is 111 Å². The summed E-state index contributed by atoms with van der Waals surface area (Å²) >= 11 is 0. The Morgan fingerprint density at radius 2 is 0.755 bits per heavy atom. The van der Waals surface area contributed by atoms with Gasteiger partial charge in [-0.3, -0.25) is 0 Å². The molecule has 2 unspecified atom stereocenters. The van der Waals surface area contributed by atoms with Gasteiger partial charge in [-0.05, 0) is 99.2 Å². The zero-order valence-corrected chi connectivity index (χ0v) is 30.7. The van der Waals surface area contributed by atoms with Crippen LogP contribution in [-0.4, -0.2) is 30.5 Å². The van der Waals surface area contributed by atoms with E-state index < -0.39 is 10.4 Å². The number of hydrogen-bond donors (Lipinski definition) is 0. The van der Waals surface area contributed by atoms with E-state index in [1.165, 1.54) is 0 Å². The molecule has 7 heteroatoms. The first kappa shape index (κ1) is 34.1. The molecule has 2 aromatic heterocycles. The Bertz CT molecular complexity index is 1920. The summed E-state index contributed by atoms with van der Waals surface area (Å²) in [5.41, 5.74) is 9.33. The summed E-state index contributed by atoms with van der Waals surface area (Å²) in [6.45, 7) is 12.2. The highest BCUT2D eigenvalue weighted by Crippen LogP contribution is 2.44. The van der Waals surface area contributed by atoms with Gasteiger partial charge in [-0.1, -0.05) is 97.1 Å². The quantitative estimate of drug-likeness (QED) is 0.135. The second-order valence-corrected chi connectivity index (χ2v) is 14.4. The zero-order chi connectivity index (χ0) is 34.8. The normalized spacial score (nSPS) is 13.7. The Balaban J connectivity index is 1.45. The molecule has 0 saturated heterocycles. The van der Waals surface area contributed by atoms with Gasteiger partial charge in [0.15, 0.2) is 0 Å². The molecular formula is C42H38N2O3Si2. The molecule has 0 amide bonds. The fraction of sp³-hybridized carbons (Fsp3) is 0.190. The number of nitrogens with zero attached hydrogens (tertiary/aromatic N) is 2. The Hall–Kier alpha value is -4.83. The van der Waals surface area contributed by atoms with E-state index in [0.29, 0.717) is 34.6 Å². The SMILES string of the molecule is Cc1c(C(C)([Si])OC(C)([Si])c2nc(Oc3ccccc3)c(-c3ccccc3)c(C)c2C)nc(Oc2ccccc2)c(-c2ccccc2)c1C. The number of rotatable bonds is 10. The number of ether oxygens (including phenoxy) is 3. The van der Waals surface area contributed by atoms with Crippen molar-refractivity contribution in [2.75, 3.05) is 0 Å². The van der Waals surface area contributed by atoms with Crippen LogP contribution in [-0.2, 0) is 15.2 Å². The van der Waals surface area contributed by atoms with Crippen molar-refractivity contribution >= 4 is 20.5 Å². The van der Waals surface area contributed by atoms with E-state index in [1.54, 1.807) is 0 Å². The molecule has 6 rings (SSSR count). The van der Waals surface area contributed by atoms with E-state index in [4.69, 9.17) is 24.2 Å². The standard InChI is InChI=1S/C42H38N2O3Si2/c1-27-29(3)37(43-39(45-33-23-15-9-16-24-33)35(27)31-19-11-7-12-20-31)41(5,48)47-42(6,49)38-30(4)28(2)36(32-21-13-8-14-22-32)40(44-38)46-34-25-17-10-18-26-34/h7-26H,1-6H3. The second-order valence-electron chi connectivity index (χ2n) is 12.5. The lowest BCUT2D eigenvalue weighted by atomic mass is 9.95. The average Bonchev–Trinajstić information content (AvgIpc) is 3.09. The molecule has 0 spiro atoms. The van der Waals surface area contributed by atoms with Crippen molar-refractivity contribution in [3.8, 4) is 45.5 Å². The van der Waals surface area contributed by atoms with Gasteiger partial charge in [0.25, 0.3) is 0 Å². The van der Waals surface area contributed by atoms with Crippen LogP contribution in [0.25, 0.3) is 22.3 Å². The summed E-state index contributed by atoms with van der Waals surface area (Å²) < 4.78 is 19.9. The predicted octanol–water partition coefficient (Wildman–Crippen LogP) is 10.0. The molecule has 0 bridgehead atoms. The molecule has 49 heavy (non-hydrogen) atoms. The highest BCUT2D eigenvalue weighted by molar-refractivity contribution is 6.17. The molecule has 6 aromatic rings. The fourth-order valence-corrected chi connectivity index (χ4v) is 7.20. The lowest BCUT2D eigenvalue weighted by Crippen LogP contribution is -2.40. The van der Waals surface area contributed by atoms with Crippen LogP contribution in [0.15, 0.2) is 121 Å². The monoisotopic (exact) mass is 674 g/mol. The van der Waals surface area contributed by atoms with E-state index in [-0.39, 0.29) is 0 Å². The van der Waals surface area contributed by atoms with Crippen LogP contribution in [0.4, 0.5) is 0 Å². The van der Waals surface area contributed by atoms with Crippen LogP contribution < -0.4 is 9.47 Å². The van der Waals surface area contributed by atoms with Gasteiger partial charge in [0, 0.05) is 11.1 Å². The van der Waals surface area contributed by atoms with Crippen molar-refractivity contribution in [2.45, 2.75) is 52.0 Å². The van der Waals surface area contributed by atoms with Crippen molar-refractivity contribution in [1.82, 2.24) is 9.97 Å². The molecular weight excluding hydrogens is 637 g/mol. The Morgan fingerprint density at radius 3 is 1.08 bits per heavy atom. The van der Waals surface area contributed by atoms with Crippen molar-refractivity contribution in [3.63, 3.8) is 0 Å². The van der Waals surface area contributed by atoms with Crippen LogP contribution in [0.1, 0.15) is 47.5 Å². The summed E-state index contributed by atoms with van der Waals surface area (Å²) in [6, 6.07) is 39.8. The number of benzene rings is 4. The van der Waals surface area contributed by atoms with Gasteiger partial charge in [0.1, 0.15) is 11.5 Å². The zero-order valence-electron chi connectivity index (χ0n) is 28.7. The van der Waals surface area contributed by atoms with Crippen LogP contribution >= 0.6 is 0 Å². The highest BCUT2D eigenvalue weighted by atomic mass is 28.2. The molecule has 2 heterocycles. The third kappa shape index (κ3) is 7.15. The molecule has 5 nitrogen and oxygen atoms in total. The van der Waals surface area contributed by atoms with Crippen molar-refractivity contribution in [2.24, 2.45) is 0 Å². The maximum absolute atomic E-state index is 6.96. The average molecular weight is 675 g/mol. The third-order valence-electron chi connectivity index (χ3n) is 8.79. The summed E-state index contributed by atoms with van der Waals surface area (Å²) in [7, 11) is 8.03. The summed E-state index contributed by atoms with van der Waals surface area (Å²) in [6.07, 6.45) is 0. The first-order chi connectivity index (χ1) is 23.5. The molecule has 2 atom stereocenters. The topological polar surface area (TPSA) is 53.5 Å². The van der Waals surface area contributed by atoms with Gasteiger partial charge in [-0.2, -0.15) is 0 Å². The molecule has 0 saturated carbocycles. The molecule has 4 aromatic carbocycles. The van der Waals surface area contributed by atoms with Gasteiger partial charge in [0.05, 0.1) is 42.3 Å². The smallest absolute Gasteiger partial charge is 0.227 e. The van der Waals surface area contributed by atoms with Gasteiger partial charge in [-0.25, -0.2) is 9.97 Å². The minimum atomic E-state index is -1.07. The second kappa shape index (κ2) is 14.0. The predicted molar refractivity (Wildman–Crippen MR) is 199 cm³/mol. The number of para-hydroxylation sites is 2. The summed E-state index contributed by atoms with van der Waals surface area (Å²) in [5.74, 6) is 2.38. The van der Waals surface area contributed by atoms with Gasteiger partial charge >= 0.3 is 0 Å². The summed E-state index contributed by atoms with van der Waals surface area (Å²) in [5, 5.41) is -2.15. The third-order valence-corrected chi connectivity index (χ3v) is 9.47. The maximum atomic E-state index is 6.96. The molecule has 0 aliphatic heterocycles. The van der Waals surface area contributed by atoms with E-state index in [9.17, 15) is 0 Å². The van der Waals surface area contributed by atoms with E-state index in [2.05, 4.69) is 72.4 Å². The van der Waals surface area contributed by atoms with Crippen LogP contribution in [0, 0.1) is 27.7 Å². The fourth-order valence-electron chi connectivity index (χ4n) is 6.21. The summed E-state index contributed by atoms with van der Waals surface area (Å²) in [4.78, 5) is 10.3. The van der Waals surface area contributed by atoms with E-state index >= 15 is 0 Å². The lowest BCUT2D eigenvalue weighted by molar-refractivity contribution is -0.0607. The molecule has 0 N–H and O–H groups in total. The number of hydrogen-bond acceptors (Lipinski definition) is 5. The minimum Gasteiger partial charge on any atom is -0.438 e. The maximum Gasteiger partial charge on any atom is 0.227 e. The highest BCUT2D eigenvalue weighted by Gasteiger charge is 2.38. The van der Waals surface area contributed by atoms with Crippen molar-refractivity contribution in [3.05, 3.63) is 155 Å².